The molecule has 0 aromatic heterocycles. The number of nitrogens with one attached hydrogen (secondary N) is 1. The molecule has 1 aliphatic heterocycles. The third-order valence-corrected chi connectivity index (χ3v) is 5.06. The fourth-order valence-corrected chi connectivity index (χ4v) is 3.39. The number of likely N-dealkylation sites (tertiary alicyclic amines) is 1. The summed E-state index contributed by atoms with van der Waals surface area (Å²) < 4.78 is 30.7. The van der Waals surface area contributed by atoms with Gasteiger partial charge in [0, 0.05) is 18.5 Å². The molecule has 1 atom stereocenters. The molecular weight excluding hydrogens is 356 g/mol. The maximum Gasteiger partial charge on any atom is 0.321 e. The summed E-state index contributed by atoms with van der Waals surface area (Å²) in [5, 5.41) is 0.982. The van der Waals surface area contributed by atoms with Crippen LogP contribution in [0, 0.1) is 5.92 Å². The first-order chi connectivity index (χ1) is 12.4. The second-order valence-electron chi connectivity index (χ2n) is 6.33. The van der Waals surface area contributed by atoms with Crippen molar-refractivity contribution in [2.45, 2.75) is 19.8 Å². The molecule has 1 fully saturated rings. The summed E-state index contributed by atoms with van der Waals surface area (Å²) in [6.07, 6.45) is 3.45. The van der Waals surface area contributed by atoms with E-state index in [4.69, 9.17) is 4.74 Å². The number of ether oxygens (including phenoxy) is 1. The minimum atomic E-state index is -3.77. The number of carbonyl (C=O) groups excluding carboxylic acids is 2. The predicted octanol–water partition coefficient (Wildman–Crippen LogP) is 1.38. The van der Waals surface area contributed by atoms with Gasteiger partial charge >= 0.3 is 5.97 Å². The average molecular weight is 380 g/mol. The summed E-state index contributed by atoms with van der Waals surface area (Å²) in [7, 11) is -3.77. The molecule has 2 rings (SSSR count). The van der Waals surface area contributed by atoms with E-state index in [0.29, 0.717) is 19.0 Å². The van der Waals surface area contributed by atoms with Gasteiger partial charge < -0.3 is 9.64 Å². The topological polar surface area (TPSA) is 92.8 Å². The fraction of sp³-hybridized carbons (Fsp3) is 0.444. The van der Waals surface area contributed by atoms with Crippen LogP contribution >= 0.6 is 0 Å². The number of hydrogen-bond acceptors (Lipinski definition) is 5. The molecule has 8 heteroatoms. The molecule has 1 aliphatic rings. The van der Waals surface area contributed by atoms with Gasteiger partial charge in [-0.25, -0.2) is 13.1 Å². The van der Waals surface area contributed by atoms with Gasteiger partial charge in [-0.1, -0.05) is 37.3 Å². The summed E-state index contributed by atoms with van der Waals surface area (Å²) >= 11 is 0. The number of piperidine rings is 1. The van der Waals surface area contributed by atoms with Gasteiger partial charge in [0.1, 0.15) is 6.54 Å². The molecule has 0 radical (unpaired) electrons. The van der Waals surface area contributed by atoms with Gasteiger partial charge in [-0.15, -0.1) is 0 Å². The van der Waals surface area contributed by atoms with Crippen molar-refractivity contribution < 1.29 is 22.7 Å². The number of esters is 1. The Balaban J connectivity index is 1.73. The average Bonchev–Trinajstić information content (AvgIpc) is 2.64. The number of nitrogens with zero attached hydrogens (tertiary/aromatic N) is 1. The van der Waals surface area contributed by atoms with Crippen LogP contribution in [-0.2, 0) is 24.3 Å². The normalized spacial score (nSPS) is 18.0. The van der Waals surface area contributed by atoms with E-state index in [-0.39, 0.29) is 12.5 Å². The monoisotopic (exact) mass is 380 g/mol. The predicted molar refractivity (Wildman–Crippen MR) is 98.3 cm³/mol. The molecule has 1 unspecified atom stereocenters. The highest BCUT2D eigenvalue weighted by molar-refractivity contribution is 7.92. The van der Waals surface area contributed by atoms with Gasteiger partial charge in [0.25, 0.3) is 5.91 Å². The summed E-state index contributed by atoms with van der Waals surface area (Å²) in [4.78, 5) is 25.4. The van der Waals surface area contributed by atoms with Gasteiger partial charge in [0.2, 0.25) is 10.0 Å². The SMILES string of the molecule is CC1CCCN(C(=O)COC(=O)CNS(=O)(=O)/C=C/c2ccccc2)C1. The highest BCUT2D eigenvalue weighted by Crippen LogP contribution is 2.15. The van der Waals surface area contributed by atoms with Crippen molar-refractivity contribution in [3.63, 3.8) is 0 Å². The van der Waals surface area contributed by atoms with Crippen LogP contribution in [0.5, 0.6) is 0 Å². The molecule has 1 N–H and O–H groups in total. The van der Waals surface area contributed by atoms with Crippen LogP contribution in [-0.4, -0.2) is 51.4 Å². The molecule has 1 saturated heterocycles. The minimum absolute atomic E-state index is 0.253. The Hall–Kier alpha value is -2.19. The number of carbonyl (C=O) groups is 2. The first kappa shape index (κ1) is 20.1. The quantitative estimate of drug-likeness (QED) is 0.722. The second-order valence-corrected chi connectivity index (χ2v) is 7.98. The van der Waals surface area contributed by atoms with Crippen molar-refractivity contribution in [1.29, 1.82) is 0 Å². The zero-order valence-electron chi connectivity index (χ0n) is 14.8. The summed E-state index contributed by atoms with van der Waals surface area (Å²) in [6.45, 7) is 2.51. The zero-order valence-corrected chi connectivity index (χ0v) is 15.6. The van der Waals surface area contributed by atoms with Crippen LogP contribution in [0.3, 0.4) is 0 Å². The van der Waals surface area contributed by atoms with E-state index >= 15 is 0 Å². The lowest BCUT2D eigenvalue weighted by Gasteiger charge is -2.30. The molecule has 26 heavy (non-hydrogen) atoms. The van der Waals surface area contributed by atoms with Crippen LogP contribution in [0.4, 0.5) is 0 Å². The van der Waals surface area contributed by atoms with Gasteiger partial charge in [0.05, 0.1) is 0 Å². The minimum Gasteiger partial charge on any atom is -0.455 e. The van der Waals surface area contributed by atoms with E-state index in [0.717, 1.165) is 23.8 Å². The standard InChI is InChI=1S/C18H24N2O5S/c1-15-6-5-10-20(13-15)17(21)14-25-18(22)12-19-26(23,24)11-9-16-7-3-2-4-8-16/h2-4,7-9,11,15,19H,5-6,10,12-14H2,1H3/b11-9+. The first-order valence-corrected chi connectivity index (χ1v) is 10.1. The summed E-state index contributed by atoms with van der Waals surface area (Å²) in [5.41, 5.74) is 0.724. The highest BCUT2D eigenvalue weighted by atomic mass is 32.2. The fourth-order valence-electron chi connectivity index (χ4n) is 2.64. The van der Waals surface area contributed by atoms with Crippen molar-refractivity contribution >= 4 is 28.0 Å². The van der Waals surface area contributed by atoms with Crippen molar-refractivity contribution in [3.8, 4) is 0 Å². The van der Waals surface area contributed by atoms with E-state index in [1.54, 1.807) is 29.2 Å². The lowest BCUT2D eigenvalue weighted by molar-refractivity contribution is -0.151. The maximum absolute atomic E-state index is 12.0. The molecule has 0 saturated carbocycles. The largest absolute Gasteiger partial charge is 0.455 e. The molecule has 1 heterocycles. The second kappa shape index (κ2) is 9.49. The lowest BCUT2D eigenvalue weighted by Crippen LogP contribution is -2.41. The Labute approximate surface area is 154 Å². The lowest BCUT2D eigenvalue weighted by atomic mass is 10.0. The number of amides is 1. The summed E-state index contributed by atoms with van der Waals surface area (Å²) in [5.74, 6) is -0.608. The third-order valence-electron chi connectivity index (χ3n) is 4.02. The number of hydrogen-bond donors (Lipinski definition) is 1. The van der Waals surface area contributed by atoms with E-state index < -0.39 is 22.5 Å². The van der Waals surface area contributed by atoms with Gasteiger partial charge in [0.15, 0.2) is 6.61 Å². The van der Waals surface area contributed by atoms with Crippen LogP contribution in [0.2, 0.25) is 0 Å². The van der Waals surface area contributed by atoms with E-state index in [2.05, 4.69) is 11.6 Å². The van der Waals surface area contributed by atoms with Crippen molar-refractivity contribution in [1.82, 2.24) is 9.62 Å². The first-order valence-electron chi connectivity index (χ1n) is 8.52. The summed E-state index contributed by atoms with van der Waals surface area (Å²) in [6, 6.07) is 8.92. The molecule has 142 valence electrons. The smallest absolute Gasteiger partial charge is 0.321 e. The molecule has 0 bridgehead atoms. The van der Waals surface area contributed by atoms with Crippen LogP contribution in [0.15, 0.2) is 35.7 Å². The highest BCUT2D eigenvalue weighted by Gasteiger charge is 2.22. The Morgan fingerprint density at radius 2 is 2.04 bits per heavy atom. The molecule has 1 aromatic carbocycles. The zero-order chi connectivity index (χ0) is 19.0. The van der Waals surface area contributed by atoms with Crippen molar-refractivity contribution in [3.05, 3.63) is 41.3 Å². The van der Waals surface area contributed by atoms with Crippen LogP contribution in [0.25, 0.3) is 6.08 Å². The van der Waals surface area contributed by atoms with Crippen molar-refractivity contribution in [2.24, 2.45) is 5.92 Å². The number of rotatable bonds is 7. The molecule has 0 aliphatic carbocycles. The Morgan fingerprint density at radius 1 is 1.31 bits per heavy atom. The molecule has 1 amide bonds. The van der Waals surface area contributed by atoms with Crippen LogP contribution < -0.4 is 4.72 Å². The van der Waals surface area contributed by atoms with Crippen LogP contribution in [0.1, 0.15) is 25.3 Å². The number of sulfonamides is 1. The van der Waals surface area contributed by atoms with Crippen molar-refractivity contribution in [2.75, 3.05) is 26.2 Å². The third kappa shape index (κ3) is 6.97. The molecule has 7 nitrogen and oxygen atoms in total. The van der Waals surface area contributed by atoms with E-state index in [1.165, 1.54) is 6.08 Å². The van der Waals surface area contributed by atoms with E-state index in [9.17, 15) is 18.0 Å². The Kier molecular flexibility index (Phi) is 7.35. The van der Waals surface area contributed by atoms with Gasteiger partial charge in [-0.2, -0.15) is 0 Å². The van der Waals surface area contributed by atoms with Gasteiger partial charge in [-0.05, 0) is 30.4 Å². The Morgan fingerprint density at radius 3 is 2.73 bits per heavy atom. The molecule has 1 aromatic rings. The Bertz CT molecular complexity index is 746. The maximum atomic E-state index is 12.0. The molecular formula is C18H24N2O5S. The number of benzene rings is 1. The molecule has 0 spiro atoms. The van der Waals surface area contributed by atoms with E-state index in [1.807, 2.05) is 6.07 Å². The van der Waals surface area contributed by atoms with Gasteiger partial charge in [-0.3, -0.25) is 9.59 Å².